The van der Waals surface area contributed by atoms with Crippen molar-refractivity contribution in [3.63, 3.8) is 0 Å². The highest BCUT2D eigenvalue weighted by molar-refractivity contribution is 7.21. The molecule has 0 saturated heterocycles. The van der Waals surface area contributed by atoms with Crippen LogP contribution in [0.3, 0.4) is 0 Å². The third-order valence-electron chi connectivity index (χ3n) is 1.90. The minimum absolute atomic E-state index is 0.0920. The van der Waals surface area contributed by atoms with E-state index in [1.807, 2.05) is 23.6 Å². The second-order valence-corrected chi connectivity index (χ2v) is 4.98. The van der Waals surface area contributed by atoms with Gasteiger partial charge < -0.3 is 10.2 Å². The molecular formula is C10H10O2S2. The largest absolute Gasteiger partial charge is 0.392 e. The van der Waals surface area contributed by atoms with E-state index in [1.54, 1.807) is 22.7 Å². The molecule has 0 fully saturated rings. The summed E-state index contributed by atoms with van der Waals surface area (Å²) in [6.07, 6.45) is 0. The van der Waals surface area contributed by atoms with Gasteiger partial charge in [0.15, 0.2) is 0 Å². The van der Waals surface area contributed by atoms with Gasteiger partial charge in [0.25, 0.3) is 0 Å². The van der Waals surface area contributed by atoms with Crippen LogP contribution in [0.4, 0.5) is 0 Å². The average molecular weight is 226 g/mol. The molecule has 0 bridgehead atoms. The highest BCUT2D eigenvalue weighted by Gasteiger charge is 2.05. The molecule has 2 aromatic rings. The minimum Gasteiger partial charge on any atom is -0.392 e. The van der Waals surface area contributed by atoms with Gasteiger partial charge in [-0.05, 0) is 29.1 Å². The number of thiophene rings is 2. The van der Waals surface area contributed by atoms with Crippen molar-refractivity contribution < 1.29 is 10.2 Å². The maximum Gasteiger partial charge on any atom is 0.0774 e. The van der Waals surface area contributed by atoms with Gasteiger partial charge >= 0.3 is 0 Å². The predicted molar refractivity (Wildman–Crippen MR) is 59.5 cm³/mol. The number of aliphatic hydroxyl groups excluding tert-OH is 2. The van der Waals surface area contributed by atoms with Gasteiger partial charge in [0.05, 0.1) is 13.2 Å². The molecule has 0 radical (unpaired) electrons. The first-order valence-electron chi connectivity index (χ1n) is 4.21. The fourth-order valence-corrected chi connectivity index (χ4v) is 3.06. The van der Waals surface area contributed by atoms with Crippen LogP contribution < -0.4 is 0 Å². The summed E-state index contributed by atoms with van der Waals surface area (Å²) in [6, 6.07) is 5.92. The normalized spacial score (nSPS) is 10.7. The number of hydrogen-bond acceptors (Lipinski definition) is 4. The van der Waals surface area contributed by atoms with Crippen molar-refractivity contribution in [1.29, 1.82) is 0 Å². The molecule has 74 valence electrons. The molecule has 14 heavy (non-hydrogen) atoms. The molecule has 0 aliphatic carbocycles. The van der Waals surface area contributed by atoms with E-state index in [2.05, 4.69) is 0 Å². The van der Waals surface area contributed by atoms with Crippen LogP contribution in [0.25, 0.3) is 9.75 Å². The molecule has 2 aromatic heterocycles. The minimum atomic E-state index is 0.0920. The van der Waals surface area contributed by atoms with Gasteiger partial charge in [0, 0.05) is 14.6 Å². The summed E-state index contributed by atoms with van der Waals surface area (Å²) in [4.78, 5) is 3.27. The van der Waals surface area contributed by atoms with Crippen LogP contribution in [0.15, 0.2) is 23.6 Å². The molecule has 4 heteroatoms. The van der Waals surface area contributed by atoms with Gasteiger partial charge in [0.1, 0.15) is 0 Å². The zero-order chi connectivity index (χ0) is 9.97. The molecule has 2 nitrogen and oxygen atoms in total. The second kappa shape index (κ2) is 4.23. The van der Waals surface area contributed by atoms with Gasteiger partial charge in [-0.2, -0.15) is 0 Å². The first kappa shape index (κ1) is 9.86. The quantitative estimate of drug-likeness (QED) is 0.844. The Labute approximate surface area is 90.1 Å². The lowest BCUT2D eigenvalue weighted by Crippen LogP contribution is -1.73. The van der Waals surface area contributed by atoms with Crippen LogP contribution in [0.1, 0.15) is 10.4 Å². The Balaban J connectivity index is 2.29. The van der Waals surface area contributed by atoms with Crippen LogP contribution in [0.5, 0.6) is 0 Å². The zero-order valence-corrected chi connectivity index (χ0v) is 9.07. The summed E-state index contributed by atoms with van der Waals surface area (Å²) in [6.45, 7) is 0.192. The van der Waals surface area contributed by atoms with E-state index in [-0.39, 0.29) is 13.2 Å². The average Bonchev–Trinajstić information content (AvgIpc) is 2.86. The molecule has 2 heterocycles. The van der Waals surface area contributed by atoms with Gasteiger partial charge in [-0.1, -0.05) is 0 Å². The molecule has 0 unspecified atom stereocenters. The Kier molecular flexibility index (Phi) is 2.98. The summed E-state index contributed by atoms with van der Waals surface area (Å²) in [7, 11) is 0. The van der Waals surface area contributed by atoms with E-state index < -0.39 is 0 Å². The first-order chi connectivity index (χ1) is 6.83. The van der Waals surface area contributed by atoms with Crippen molar-refractivity contribution in [1.82, 2.24) is 0 Å². The summed E-state index contributed by atoms with van der Waals surface area (Å²) in [5.41, 5.74) is 0.948. The molecule has 0 saturated carbocycles. The molecule has 0 aliphatic rings. The van der Waals surface area contributed by atoms with E-state index in [0.29, 0.717) is 0 Å². The maximum absolute atomic E-state index is 8.92. The predicted octanol–water partition coefficient (Wildman–Crippen LogP) is 2.46. The second-order valence-electron chi connectivity index (χ2n) is 2.90. The number of rotatable bonds is 3. The molecule has 2 rings (SSSR count). The van der Waals surface area contributed by atoms with Crippen molar-refractivity contribution in [2.45, 2.75) is 13.2 Å². The van der Waals surface area contributed by atoms with E-state index in [4.69, 9.17) is 10.2 Å². The van der Waals surface area contributed by atoms with Crippen molar-refractivity contribution >= 4 is 22.7 Å². The molecule has 0 aliphatic heterocycles. The molecule has 0 aromatic carbocycles. The van der Waals surface area contributed by atoms with E-state index in [1.165, 1.54) is 0 Å². The van der Waals surface area contributed by atoms with Crippen LogP contribution in [-0.2, 0) is 13.2 Å². The topological polar surface area (TPSA) is 40.5 Å². The SMILES string of the molecule is OCc1csc(-c2ccc(CO)s2)c1. The Morgan fingerprint density at radius 2 is 1.93 bits per heavy atom. The molecule has 0 amide bonds. The summed E-state index contributed by atoms with van der Waals surface area (Å²) >= 11 is 3.21. The fraction of sp³-hybridized carbons (Fsp3) is 0.200. The number of hydrogen-bond donors (Lipinski definition) is 2. The van der Waals surface area contributed by atoms with E-state index in [9.17, 15) is 0 Å². The van der Waals surface area contributed by atoms with Crippen LogP contribution in [0.2, 0.25) is 0 Å². The lowest BCUT2D eigenvalue weighted by Gasteiger charge is -1.88. The Morgan fingerprint density at radius 1 is 1.07 bits per heavy atom. The zero-order valence-electron chi connectivity index (χ0n) is 7.43. The standard InChI is InChI=1S/C10H10O2S2/c11-4-7-3-10(13-6-7)9-2-1-8(5-12)14-9/h1-3,6,11-12H,4-5H2. The summed E-state index contributed by atoms with van der Waals surface area (Å²) in [5, 5.41) is 19.8. The molecule has 0 spiro atoms. The highest BCUT2D eigenvalue weighted by atomic mass is 32.1. The van der Waals surface area contributed by atoms with Crippen LogP contribution in [-0.4, -0.2) is 10.2 Å². The monoisotopic (exact) mass is 226 g/mol. The van der Waals surface area contributed by atoms with Gasteiger partial charge in [-0.25, -0.2) is 0 Å². The van der Waals surface area contributed by atoms with E-state index in [0.717, 1.165) is 20.2 Å². The Bertz CT molecular complexity index is 377. The van der Waals surface area contributed by atoms with Crippen LogP contribution >= 0.6 is 22.7 Å². The Hall–Kier alpha value is -0.680. The van der Waals surface area contributed by atoms with Crippen molar-refractivity contribution in [2.75, 3.05) is 0 Å². The molecule has 2 N–H and O–H groups in total. The lowest BCUT2D eigenvalue weighted by atomic mass is 10.3. The smallest absolute Gasteiger partial charge is 0.0774 e. The van der Waals surface area contributed by atoms with Crippen molar-refractivity contribution in [3.8, 4) is 9.75 Å². The summed E-state index contributed by atoms with van der Waals surface area (Å²) < 4.78 is 0. The van der Waals surface area contributed by atoms with Crippen molar-refractivity contribution in [2.24, 2.45) is 0 Å². The van der Waals surface area contributed by atoms with Crippen LogP contribution in [0, 0.1) is 0 Å². The highest BCUT2D eigenvalue weighted by Crippen LogP contribution is 2.32. The number of aliphatic hydroxyl groups is 2. The van der Waals surface area contributed by atoms with Gasteiger partial charge in [0.2, 0.25) is 0 Å². The molecule has 0 atom stereocenters. The third-order valence-corrected chi connectivity index (χ3v) is 4.14. The molecular weight excluding hydrogens is 216 g/mol. The third kappa shape index (κ3) is 1.88. The van der Waals surface area contributed by atoms with Gasteiger partial charge in [-0.3, -0.25) is 0 Å². The fourth-order valence-electron chi connectivity index (χ4n) is 1.18. The Morgan fingerprint density at radius 3 is 2.50 bits per heavy atom. The first-order valence-corrected chi connectivity index (χ1v) is 5.91. The van der Waals surface area contributed by atoms with Crippen molar-refractivity contribution in [3.05, 3.63) is 34.0 Å². The maximum atomic E-state index is 8.92. The van der Waals surface area contributed by atoms with Gasteiger partial charge in [-0.15, -0.1) is 22.7 Å². The lowest BCUT2D eigenvalue weighted by molar-refractivity contribution is 0.282. The van der Waals surface area contributed by atoms with E-state index >= 15 is 0 Å². The summed E-state index contributed by atoms with van der Waals surface area (Å²) in [5.74, 6) is 0.